The zero-order valence-electron chi connectivity index (χ0n) is 21.9. The number of hydrogen-bond acceptors (Lipinski definition) is 10. The number of nitrogens with one attached hydrogen (secondary N) is 3. The van der Waals surface area contributed by atoms with Crippen molar-refractivity contribution in [2.24, 2.45) is 0 Å². The van der Waals surface area contributed by atoms with Crippen LogP contribution in [0.4, 0.5) is 17.8 Å². The molecule has 0 unspecified atom stereocenters. The number of methoxy groups -OCH3 is 4. The van der Waals surface area contributed by atoms with Crippen LogP contribution in [0.2, 0.25) is 0 Å². The number of ether oxygens (including phenoxy) is 4. The Kier molecular flexibility index (Phi) is 9.01. The SMILES string of the molecule is COc1ccc(CNc2nc(NCc3ccc(OC)cc3)nc(NCc3ccc(OC)c(OC)c3)n2)cc1. The van der Waals surface area contributed by atoms with Crippen molar-refractivity contribution in [2.75, 3.05) is 44.4 Å². The maximum absolute atomic E-state index is 5.41. The number of aromatic nitrogens is 3. The summed E-state index contributed by atoms with van der Waals surface area (Å²) in [5.74, 6) is 4.27. The summed E-state index contributed by atoms with van der Waals surface area (Å²) in [6, 6.07) is 21.4. The van der Waals surface area contributed by atoms with Gasteiger partial charge in [0.25, 0.3) is 0 Å². The monoisotopic (exact) mass is 516 g/mol. The molecule has 1 aromatic heterocycles. The third kappa shape index (κ3) is 7.16. The van der Waals surface area contributed by atoms with E-state index >= 15 is 0 Å². The quantitative estimate of drug-likeness (QED) is 0.230. The molecule has 198 valence electrons. The molecule has 0 spiro atoms. The molecular formula is C28H32N6O4. The van der Waals surface area contributed by atoms with Gasteiger partial charge in [0.1, 0.15) is 11.5 Å². The van der Waals surface area contributed by atoms with Crippen molar-refractivity contribution >= 4 is 17.8 Å². The van der Waals surface area contributed by atoms with Crippen LogP contribution in [0.1, 0.15) is 16.7 Å². The number of anilines is 3. The highest BCUT2D eigenvalue weighted by molar-refractivity contribution is 5.46. The third-order valence-electron chi connectivity index (χ3n) is 5.75. The summed E-state index contributed by atoms with van der Waals surface area (Å²) in [4.78, 5) is 13.7. The zero-order valence-corrected chi connectivity index (χ0v) is 21.9. The fraction of sp³-hybridized carbons (Fsp3) is 0.250. The molecule has 0 fully saturated rings. The van der Waals surface area contributed by atoms with Crippen molar-refractivity contribution in [1.29, 1.82) is 0 Å². The lowest BCUT2D eigenvalue weighted by atomic mass is 10.2. The smallest absolute Gasteiger partial charge is 0.229 e. The van der Waals surface area contributed by atoms with Gasteiger partial charge < -0.3 is 34.9 Å². The minimum Gasteiger partial charge on any atom is -0.497 e. The molecule has 0 amide bonds. The first-order valence-corrected chi connectivity index (χ1v) is 12.0. The number of nitrogens with zero attached hydrogens (tertiary/aromatic N) is 3. The summed E-state index contributed by atoms with van der Waals surface area (Å²) < 4.78 is 21.2. The molecule has 4 aromatic rings. The lowest BCUT2D eigenvalue weighted by molar-refractivity contribution is 0.354. The second-order valence-corrected chi connectivity index (χ2v) is 8.25. The molecule has 4 rings (SSSR count). The fourth-order valence-electron chi connectivity index (χ4n) is 3.63. The average Bonchev–Trinajstić information content (AvgIpc) is 2.98. The molecule has 38 heavy (non-hydrogen) atoms. The van der Waals surface area contributed by atoms with Crippen molar-refractivity contribution in [1.82, 2.24) is 15.0 Å². The summed E-state index contributed by atoms with van der Waals surface area (Å²) in [6.07, 6.45) is 0. The van der Waals surface area contributed by atoms with Crippen LogP contribution in [0, 0.1) is 0 Å². The van der Waals surface area contributed by atoms with Crippen LogP contribution in [0.25, 0.3) is 0 Å². The van der Waals surface area contributed by atoms with Gasteiger partial charge in [-0.05, 0) is 53.1 Å². The molecule has 0 radical (unpaired) electrons. The first kappa shape index (κ1) is 26.3. The van der Waals surface area contributed by atoms with Crippen molar-refractivity contribution < 1.29 is 18.9 Å². The van der Waals surface area contributed by atoms with Crippen LogP contribution in [0.5, 0.6) is 23.0 Å². The van der Waals surface area contributed by atoms with Gasteiger partial charge in [0, 0.05) is 19.6 Å². The Hall–Kier alpha value is -4.73. The maximum atomic E-state index is 5.41. The molecule has 1 heterocycles. The second-order valence-electron chi connectivity index (χ2n) is 8.25. The molecule has 0 aliphatic carbocycles. The molecule has 10 nitrogen and oxygen atoms in total. The standard InChI is InChI=1S/C28H32N6O4/c1-35-22-10-5-19(6-11-22)16-29-26-32-27(30-17-20-7-12-23(36-2)13-8-20)34-28(33-26)31-18-21-9-14-24(37-3)25(15-21)38-4/h5-15H,16-18H2,1-4H3,(H3,29,30,31,32,33,34). The van der Waals surface area contributed by atoms with Crippen LogP contribution in [0.3, 0.4) is 0 Å². The first-order chi connectivity index (χ1) is 18.6. The molecule has 0 aliphatic heterocycles. The molecule has 0 saturated carbocycles. The van der Waals surface area contributed by atoms with E-state index in [1.165, 1.54) is 0 Å². The van der Waals surface area contributed by atoms with Gasteiger partial charge in [-0.25, -0.2) is 0 Å². The molecule has 10 heteroatoms. The van der Waals surface area contributed by atoms with Crippen LogP contribution in [-0.2, 0) is 19.6 Å². The van der Waals surface area contributed by atoms with Gasteiger partial charge in [-0.1, -0.05) is 30.3 Å². The molecule has 0 aliphatic rings. The van der Waals surface area contributed by atoms with Crippen molar-refractivity contribution in [3.63, 3.8) is 0 Å². The predicted molar refractivity (Wildman–Crippen MR) is 147 cm³/mol. The van der Waals surface area contributed by atoms with Crippen molar-refractivity contribution in [3.8, 4) is 23.0 Å². The number of rotatable bonds is 13. The Bertz CT molecular complexity index is 1250. The van der Waals surface area contributed by atoms with Crippen LogP contribution >= 0.6 is 0 Å². The van der Waals surface area contributed by atoms with Gasteiger partial charge in [0.05, 0.1) is 28.4 Å². The third-order valence-corrected chi connectivity index (χ3v) is 5.75. The normalized spacial score (nSPS) is 10.4. The lowest BCUT2D eigenvalue weighted by Gasteiger charge is -2.13. The topological polar surface area (TPSA) is 112 Å². The van der Waals surface area contributed by atoms with Gasteiger partial charge in [0.2, 0.25) is 17.8 Å². The van der Waals surface area contributed by atoms with E-state index in [1.807, 2.05) is 66.7 Å². The Labute approximate surface area is 222 Å². The van der Waals surface area contributed by atoms with Crippen LogP contribution in [-0.4, -0.2) is 43.4 Å². The summed E-state index contributed by atoms with van der Waals surface area (Å²) in [6.45, 7) is 1.57. The largest absolute Gasteiger partial charge is 0.497 e. The summed E-state index contributed by atoms with van der Waals surface area (Å²) >= 11 is 0. The van der Waals surface area contributed by atoms with Gasteiger partial charge in [-0.2, -0.15) is 15.0 Å². The Morgan fingerprint density at radius 2 is 0.868 bits per heavy atom. The van der Waals surface area contributed by atoms with Gasteiger partial charge in [0.15, 0.2) is 11.5 Å². The highest BCUT2D eigenvalue weighted by Crippen LogP contribution is 2.28. The van der Waals surface area contributed by atoms with Gasteiger partial charge in [-0.3, -0.25) is 0 Å². The fourth-order valence-corrected chi connectivity index (χ4v) is 3.63. The van der Waals surface area contributed by atoms with E-state index in [0.29, 0.717) is 49.0 Å². The molecule has 3 aromatic carbocycles. The van der Waals surface area contributed by atoms with Gasteiger partial charge in [-0.15, -0.1) is 0 Å². The van der Waals surface area contributed by atoms with E-state index < -0.39 is 0 Å². The molecule has 0 atom stereocenters. The van der Waals surface area contributed by atoms with Crippen LogP contribution < -0.4 is 34.9 Å². The van der Waals surface area contributed by atoms with E-state index in [4.69, 9.17) is 18.9 Å². The molecule has 0 saturated heterocycles. The van der Waals surface area contributed by atoms with E-state index in [9.17, 15) is 0 Å². The Morgan fingerprint density at radius 3 is 1.26 bits per heavy atom. The zero-order chi connectivity index (χ0) is 26.7. The predicted octanol–water partition coefficient (Wildman–Crippen LogP) is 4.74. The number of benzene rings is 3. The van der Waals surface area contributed by atoms with Crippen molar-refractivity contribution in [3.05, 3.63) is 83.4 Å². The minimum absolute atomic E-state index is 0.434. The minimum atomic E-state index is 0.434. The van der Waals surface area contributed by atoms with E-state index in [2.05, 4.69) is 30.9 Å². The maximum Gasteiger partial charge on any atom is 0.229 e. The first-order valence-electron chi connectivity index (χ1n) is 12.0. The van der Waals surface area contributed by atoms with Gasteiger partial charge >= 0.3 is 0 Å². The van der Waals surface area contributed by atoms with E-state index in [-0.39, 0.29) is 0 Å². The Balaban J connectivity index is 1.49. The summed E-state index contributed by atoms with van der Waals surface area (Å²) in [5.41, 5.74) is 3.13. The van der Waals surface area contributed by atoms with Crippen LogP contribution in [0.15, 0.2) is 66.7 Å². The summed E-state index contributed by atoms with van der Waals surface area (Å²) in [7, 11) is 6.52. The lowest BCUT2D eigenvalue weighted by Crippen LogP contribution is -2.12. The highest BCUT2D eigenvalue weighted by Gasteiger charge is 2.09. The highest BCUT2D eigenvalue weighted by atomic mass is 16.5. The second kappa shape index (κ2) is 13.0. The number of hydrogen-bond donors (Lipinski definition) is 3. The van der Waals surface area contributed by atoms with E-state index in [0.717, 1.165) is 28.2 Å². The van der Waals surface area contributed by atoms with E-state index in [1.54, 1.807) is 28.4 Å². The molecule has 3 N–H and O–H groups in total. The summed E-state index contributed by atoms with van der Waals surface area (Å²) in [5, 5.41) is 9.86. The Morgan fingerprint density at radius 1 is 0.474 bits per heavy atom. The average molecular weight is 517 g/mol. The molecular weight excluding hydrogens is 484 g/mol. The molecule has 0 bridgehead atoms. The van der Waals surface area contributed by atoms with Crippen molar-refractivity contribution in [2.45, 2.75) is 19.6 Å².